The van der Waals surface area contributed by atoms with Crippen LogP contribution in [-0.2, 0) is 11.3 Å². The van der Waals surface area contributed by atoms with Gasteiger partial charge in [0.2, 0.25) is 0 Å². The number of benzene rings is 1. The minimum Gasteiger partial charge on any atom is -0.486 e. The summed E-state index contributed by atoms with van der Waals surface area (Å²) >= 11 is 0. The van der Waals surface area contributed by atoms with Crippen molar-refractivity contribution < 1.29 is 9.47 Å². The van der Waals surface area contributed by atoms with Gasteiger partial charge in [-0.05, 0) is 31.0 Å². The first-order valence-electron chi connectivity index (χ1n) is 7.90. The number of ether oxygens (including phenoxy) is 2. The lowest BCUT2D eigenvalue weighted by molar-refractivity contribution is 0.122. The number of aromatic nitrogens is 2. The van der Waals surface area contributed by atoms with Gasteiger partial charge in [-0.3, -0.25) is 0 Å². The summed E-state index contributed by atoms with van der Waals surface area (Å²) in [5.41, 5.74) is 4.29. The first kappa shape index (κ1) is 14.3. The molecule has 0 aliphatic carbocycles. The SMILES string of the molecule is Cc1cc(C)c2c(c1)Nc1ncnc(N3CCOCC3)c1CO2. The second-order valence-corrected chi connectivity index (χ2v) is 6.00. The van der Waals surface area contributed by atoms with Crippen molar-refractivity contribution in [2.45, 2.75) is 20.5 Å². The van der Waals surface area contributed by atoms with E-state index in [-0.39, 0.29) is 0 Å². The predicted octanol–water partition coefficient (Wildman–Crippen LogP) is 2.57. The zero-order valence-corrected chi connectivity index (χ0v) is 13.4. The molecular weight excluding hydrogens is 292 g/mol. The summed E-state index contributed by atoms with van der Waals surface area (Å²) < 4.78 is 11.5. The third-order valence-corrected chi connectivity index (χ3v) is 4.27. The van der Waals surface area contributed by atoms with Crippen molar-refractivity contribution in [1.29, 1.82) is 0 Å². The average Bonchev–Trinajstić information content (AvgIpc) is 2.74. The minimum atomic E-state index is 0.465. The van der Waals surface area contributed by atoms with Crippen molar-refractivity contribution in [1.82, 2.24) is 9.97 Å². The van der Waals surface area contributed by atoms with Crippen LogP contribution in [0.2, 0.25) is 0 Å². The van der Waals surface area contributed by atoms with Crippen LogP contribution in [0.15, 0.2) is 18.5 Å². The van der Waals surface area contributed by atoms with Crippen LogP contribution in [0.25, 0.3) is 0 Å². The molecule has 0 saturated carbocycles. The molecule has 6 heteroatoms. The first-order valence-corrected chi connectivity index (χ1v) is 7.90. The highest BCUT2D eigenvalue weighted by atomic mass is 16.5. The second kappa shape index (κ2) is 5.70. The Hall–Kier alpha value is -2.34. The van der Waals surface area contributed by atoms with Gasteiger partial charge >= 0.3 is 0 Å². The van der Waals surface area contributed by atoms with E-state index in [1.165, 1.54) is 5.56 Å². The number of rotatable bonds is 1. The van der Waals surface area contributed by atoms with Gasteiger partial charge in [0.1, 0.15) is 30.3 Å². The maximum absolute atomic E-state index is 6.09. The Kier molecular flexibility index (Phi) is 3.53. The number of nitrogens with one attached hydrogen (secondary N) is 1. The number of hydrogen-bond acceptors (Lipinski definition) is 6. The van der Waals surface area contributed by atoms with Crippen LogP contribution < -0.4 is 15.0 Å². The molecule has 1 aromatic carbocycles. The van der Waals surface area contributed by atoms with Gasteiger partial charge in [0.15, 0.2) is 0 Å². The van der Waals surface area contributed by atoms with E-state index in [1.807, 2.05) is 0 Å². The topological polar surface area (TPSA) is 59.5 Å². The molecule has 0 atom stereocenters. The molecule has 4 rings (SSSR count). The highest BCUT2D eigenvalue weighted by Gasteiger charge is 2.24. The molecule has 1 saturated heterocycles. The van der Waals surface area contributed by atoms with E-state index in [4.69, 9.17) is 9.47 Å². The Labute approximate surface area is 135 Å². The standard InChI is InChI=1S/C17H20N4O2/c1-11-7-12(2)15-14(8-11)20-16-13(9-23-15)17(19-10-18-16)21-3-5-22-6-4-21/h7-8,10H,3-6,9H2,1-2H3,(H,18,19,20). The lowest BCUT2D eigenvalue weighted by atomic mass is 10.1. The smallest absolute Gasteiger partial charge is 0.146 e. The molecule has 1 aromatic heterocycles. The van der Waals surface area contributed by atoms with Crippen LogP contribution in [-0.4, -0.2) is 36.3 Å². The van der Waals surface area contributed by atoms with Crippen LogP contribution >= 0.6 is 0 Å². The molecular formula is C17H20N4O2. The fourth-order valence-corrected chi connectivity index (χ4v) is 3.20. The van der Waals surface area contributed by atoms with Crippen molar-refractivity contribution in [2.75, 3.05) is 36.5 Å². The molecule has 120 valence electrons. The van der Waals surface area contributed by atoms with Crippen LogP contribution in [0.3, 0.4) is 0 Å². The molecule has 0 bridgehead atoms. The summed E-state index contributed by atoms with van der Waals surface area (Å²) in [4.78, 5) is 11.2. The van der Waals surface area contributed by atoms with Gasteiger partial charge in [0.05, 0.1) is 24.5 Å². The number of nitrogens with zero attached hydrogens (tertiary/aromatic N) is 3. The fraction of sp³-hybridized carbons (Fsp3) is 0.412. The third-order valence-electron chi connectivity index (χ3n) is 4.27. The zero-order valence-electron chi connectivity index (χ0n) is 13.4. The molecule has 3 heterocycles. The van der Waals surface area contributed by atoms with Crippen molar-refractivity contribution >= 4 is 17.3 Å². The second-order valence-electron chi connectivity index (χ2n) is 6.00. The minimum absolute atomic E-state index is 0.465. The van der Waals surface area contributed by atoms with Crippen LogP contribution in [0.4, 0.5) is 17.3 Å². The van der Waals surface area contributed by atoms with Crippen LogP contribution in [0.1, 0.15) is 16.7 Å². The number of aryl methyl sites for hydroxylation is 2. The van der Waals surface area contributed by atoms with Gasteiger partial charge in [0, 0.05) is 13.1 Å². The lowest BCUT2D eigenvalue weighted by Crippen LogP contribution is -2.37. The summed E-state index contributed by atoms with van der Waals surface area (Å²) in [5.74, 6) is 2.65. The highest BCUT2D eigenvalue weighted by Crippen LogP contribution is 2.38. The molecule has 2 aliphatic heterocycles. The van der Waals surface area contributed by atoms with Gasteiger partial charge in [0.25, 0.3) is 0 Å². The largest absolute Gasteiger partial charge is 0.486 e. The molecule has 0 amide bonds. The van der Waals surface area contributed by atoms with Crippen LogP contribution in [0.5, 0.6) is 5.75 Å². The number of anilines is 3. The van der Waals surface area contributed by atoms with Gasteiger partial charge in [-0.1, -0.05) is 6.07 Å². The van der Waals surface area contributed by atoms with E-state index in [0.29, 0.717) is 6.61 Å². The summed E-state index contributed by atoms with van der Waals surface area (Å²) in [6.07, 6.45) is 1.62. The fourth-order valence-electron chi connectivity index (χ4n) is 3.20. The summed E-state index contributed by atoms with van der Waals surface area (Å²) in [6.45, 7) is 7.75. The third kappa shape index (κ3) is 2.59. The van der Waals surface area contributed by atoms with E-state index in [2.05, 4.69) is 46.2 Å². The Morgan fingerprint density at radius 1 is 1.13 bits per heavy atom. The molecule has 2 aromatic rings. The lowest BCUT2D eigenvalue weighted by Gasteiger charge is -2.29. The quantitative estimate of drug-likeness (QED) is 0.873. The van der Waals surface area contributed by atoms with Crippen LogP contribution in [0, 0.1) is 13.8 Å². The molecule has 0 radical (unpaired) electrons. The molecule has 6 nitrogen and oxygen atoms in total. The molecule has 2 aliphatic rings. The molecule has 0 unspecified atom stereocenters. The molecule has 23 heavy (non-hydrogen) atoms. The summed E-state index contributed by atoms with van der Waals surface area (Å²) in [6, 6.07) is 4.22. The normalized spacial score (nSPS) is 16.7. The Morgan fingerprint density at radius 2 is 1.96 bits per heavy atom. The van der Waals surface area contributed by atoms with Crippen molar-refractivity contribution in [3.8, 4) is 5.75 Å². The summed E-state index contributed by atoms with van der Waals surface area (Å²) in [5, 5.41) is 3.43. The number of fused-ring (bicyclic) bond motifs is 2. The van der Waals surface area contributed by atoms with Crippen molar-refractivity contribution in [3.05, 3.63) is 35.2 Å². The average molecular weight is 312 g/mol. The Morgan fingerprint density at radius 3 is 2.78 bits per heavy atom. The maximum atomic E-state index is 6.09. The predicted molar refractivity (Wildman–Crippen MR) is 88.6 cm³/mol. The van der Waals surface area contributed by atoms with Crippen molar-refractivity contribution in [2.24, 2.45) is 0 Å². The van der Waals surface area contributed by atoms with E-state index < -0.39 is 0 Å². The zero-order chi connectivity index (χ0) is 15.8. The van der Waals surface area contributed by atoms with Gasteiger partial charge in [-0.2, -0.15) is 0 Å². The monoisotopic (exact) mass is 312 g/mol. The van der Waals surface area contributed by atoms with E-state index in [1.54, 1.807) is 6.33 Å². The highest BCUT2D eigenvalue weighted by molar-refractivity contribution is 5.73. The Balaban J connectivity index is 1.75. The summed E-state index contributed by atoms with van der Waals surface area (Å²) in [7, 11) is 0. The van der Waals surface area contributed by atoms with Crippen molar-refractivity contribution in [3.63, 3.8) is 0 Å². The maximum Gasteiger partial charge on any atom is 0.146 e. The molecule has 0 spiro atoms. The van der Waals surface area contributed by atoms with E-state index in [9.17, 15) is 0 Å². The van der Waals surface area contributed by atoms with E-state index in [0.717, 1.165) is 60.5 Å². The van der Waals surface area contributed by atoms with Gasteiger partial charge in [-0.25, -0.2) is 9.97 Å². The Bertz CT molecular complexity index is 742. The number of morpholine rings is 1. The molecule has 1 N–H and O–H groups in total. The molecule has 1 fully saturated rings. The van der Waals surface area contributed by atoms with Gasteiger partial charge < -0.3 is 19.7 Å². The first-order chi connectivity index (χ1) is 11.2. The number of hydrogen-bond donors (Lipinski definition) is 1. The van der Waals surface area contributed by atoms with E-state index >= 15 is 0 Å². The van der Waals surface area contributed by atoms with Gasteiger partial charge in [-0.15, -0.1) is 0 Å².